The van der Waals surface area contributed by atoms with Gasteiger partial charge in [0.2, 0.25) is 5.91 Å². The van der Waals surface area contributed by atoms with Crippen LogP contribution in [0.1, 0.15) is 27.2 Å². The molecular formula is C13H19ClN2O2S. The minimum atomic E-state index is -1.19. The Morgan fingerprint density at radius 1 is 1.47 bits per heavy atom. The monoisotopic (exact) mass is 302 g/mol. The van der Waals surface area contributed by atoms with Crippen LogP contribution in [0.5, 0.6) is 0 Å². The van der Waals surface area contributed by atoms with Gasteiger partial charge in [-0.15, -0.1) is 0 Å². The molecule has 0 aliphatic heterocycles. The molecule has 0 aliphatic rings. The van der Waals surface area contributed by atoms with E-state index in [2.05, 4.69) is 5.32 Å². The van der Waals surface area contributed by atoms with Crippen molar-refractivity contribution in [3.63, 3.8) is 0 Å². The van der Waals surface area contributed by atoms with Crippen LogP contribution in [0.4, 0.5) is 11.4 Å². The van der Waals surface area contributed by atoms with Gasteiger partial charge in [0, 0.05) is 21.7 Å². The summed E-state index contributed by atoms with van der Waals surface area (Å²) >= 11 is 5.80. The SMILES string of the molecule is CCC(C)S(=O)C(C)C(=O)Nc1ccc(Cl)c(N)c1. The van der Waals surface area contributed by atoms with E-state index in [0.29, 0.717) is 16.4 Å². The van der Waals surface area contributed by atoms with E-state index < -0.39 is 16.0 Å². The van der Waals surface area contributed by atoms with Crippen LogP contribution in [0, 0.1) is 0 Å². The zero-order valence-electron chi connectivity index (χ0n) is 11.3. The predicted molar refractivity (Wildman–Crippen MR) is 81.9 cm³/mol. The topological polar surface area (TPSA) is 72.2 Å². The van der Waals surface area contributed by atoms with Crippen molar-refractivity contribution in [2.24, 2.45) is 0 Å². The zero-order valence-corrected chi connectivity index (χ0v) is 12.8. The number of anilines is 2. The third-order valence-electron chi connectivity index (χ3n) is 2.95. The summed E-state index contributed by atoms with van der Waals surface area (Å²) in [6.45, 7) is 5.49. The van der Waals surface area contributed by atoms with Gasteiger partial charge < -0.3 is 11.1 Å². The van der Waals surface area contributed by atoms with Crippen molar-refractivity contribution in [1.82, 2.24) is 0 Å². The van der Waals surface area contributed by atoms with Crippen molar-refractivity contribution in [1.29, 1.82) is 0 Å². The molecule has 6 heteroatoms. The number of carbonyl (C=O) groups is 1. The Balaban J connectivity index is 2.73. The lowest BCUT2D eigenvalue weighted by Gasteiger charge is -2.16. The first kappa shape index (κ1) is 16.0. The average Bonchev–Trinajstić information content (AvgIpc) is 2.40. The molecule has 1 aromatic carbocycles. The van der Waals surface area contributed by atoms with E-state index in [1.54, 1.807) is 25.1 Å². The Morgan fingerprint density at radius 3 is 2.63 bits per heavy atom. The van der Waals surface area contributed by atoms with E-state index in [4.69, 9.17) is 17.3 Å². The first-order valence-corrected chi connectivity index (χ1v) is 7.77. The molecule has 0 saturated heterocycles. The number of nitrogens with two attached hydrogens (primary N) is 1. The van der Waals surface area contributed by atoms with E-state index in [9.17, 15) is 9.00 Å². The second-order valence-corrected chi connectivity index (χ2v) is 6.99. The molecular weight excluding hydrogens is 284 g/mol. The molecule has 0 saturated carbocycles. The summed E-state index contributed by atoms with van der Waals surface area (Å²) in [5, 5.41) is 2.57. The van der Waals surface area contributed by atoms with Crippen LogP contribution in [-0.2, 0) is 15.6 Å². The standard InChI is InChI=1S/C13H19ClN2O2S/c1-4-8(2)19(18)9(3)13(17)16-10-5-6-11(14)12(15)7-10/h5-9H,4,15H2,1-3H3,(H,16,17). The molecule has 106 valence electrons. The van der Waals surface area contributed by atoms with Gasteiger partial charge in [-0.05, 0) is 31.5 Å². The first-order valence-electron chi connectivity index (χ1n) is 6.12. The number of nitrogen functional groups attached to an aromatic ring is 1. The largest absolute Gasteiger partial charge is 0.397 e. The van der Waals surface area contributed by atoms with Crippen molar-refractivity contribution < 1.29 is 9.00 Å². The van der Waals surface area contributed by atoms with Crippen LogP contribution in [0.25, 0.3) is 0 Å². The van der Waals surface area contributed by atoms with Gasteiger partial charge >= 0.3 is 0 Å². The number of nitrogens with one attached hydrogen (secondary N) is 1. The van der Waals surface area contributed by atoms with E-state index >= 15 is 0 Å². The molecule has 1 amide bonds. The molecule has 3 N–H and O–H groups in total. The number of hydrogen-bond acceptors (Lipinski definition) is 3. The maximum atomic E-state index is 12.0. The van der Waals surface area contributed by atoms with Crippen LogP contribution >= 0.6 is 11.6 Å². The quantitative estimate of drug-likeness (QED) is 0.822. The van der Waals surface area contributed by atoms with Crippen LogP contribution < -0.4 is 11.1 Å². The smallest absolute Gasteiger partial charge is 0.239 e. The van der Waals surface area contributed by atoms with Gasteiger partial charge in [-0.3, -0.25) is 9.00 Å². The van der Waals surface area contributed by atoms with Gasteiger partial charge in [-0.2, -0.15) is 0 Å². The second kappa shape index (κ2) is 6.91. The Bertz CT molecular complexity index is 494. The van der Waals surface area contributed by atoms with E-state index in [-0.39, 0.29) is 11.2 Å². The van der Waals surface area contributed by atoms with E-state index in [0.717, 1.165) is 6.42 Å². The summed E-state index contributed by atoms with van der Waals surface area (Å²) in [4.78, 5) is 12.0. The Kier molecular flexibility index (Phi) is 5.82. The van der Waals surface area contributed by atoms with Gasteiger partial charge in [0.15, 0.2) is 0 Å². The molecule has 0 aliphatic carbocycles. The number of carbonyl (C=O) groups excluding carboxylic acids is 1. The maximum absolute atomic E-state index is 12.0. The van der Waals surface area contributed by atoms with Gasteiger partial charge in [0.05, 0.1) is 10.7 Å². The molecule has 4 nitrogen and oxygen atoms in total. The highest BCUT2D eigenvalue weighted by Crippen LogP contribution is 2.22. The fourth-order valence-electron chi connectivity index (χ4n) is 1.48. The summed E-state index contributed by atoms with van der Waals surface area (Å²) in [7, 11) is -1.19. The lowest BCUT2D eigenvalue weighted by molar-refractivity contribution is -0.115. The highest BCUT2D eigenvalue weighted by molar-refractivity contribution is 7.87. The van der Waals surface area contributed by atoms with Crippen LogP contribution in [0.2, 0.25) is 5.02 Å². The molecule has 0 bridgehead atoms. The second-order valence-electron chi connectivity index (χ2n) is 4.42. The normalized spacial score (nSPS) is 15.6. The number of benzene rings is 1. The van der Waals surface area contributed by atoms with Gasteiger partial charge in [0.1, 0.15) is 5.25 Å². The summed E-state index contributed by atoms with van der Waals surface area (Å²) in [5.41, 5.74) is 6.61. The molecule has 0 heterocycles. The Morgan fingerprint density at radius 2 is 2.11 bits per heavy atom. The predicted octanol–water partition coefficient (Wildman–Crippen LogP) is 2.80. The van der Waals surface area contributed by atoms with Gasteiger partial charge in [-0.1, -0.05) is 25.4 Å². The molecule has 0 fully saturated rings. The highest BCUT2D eigenvalue weighted by Gasteiger charge is 2.23. The fraction of sp³-hybridized carbons (Fsp3) is 0.462. The molecule has 0 aromatic heterocycles. The highest BCUT2D eigenvalue weighted by atomic mass is 35.5. The Labute approximate surface area is 121 Å². The lowest BCUT2D eigenvalue weighted by Crippen LogP contribution is -2.33. The maximum Gasteiger partial charge on any atom is 0.239 e. The lowest BCUT2D eigenvalue weighted by atomic mass is 10.2. The summed E-state index contributed by atoms with van der Waals surface area (Å²) in [6, 6.07) is 4.86. The molecule has 3 atom stereocenters. The summed E-state index contributed by atoms with van der Waals surface area (Å²) in [5.74, 6) is -0.277. The van der Waals surface area contributed by atoms with E-state index in [1.807, 2.05) is 13.8 Å². The molecule has 1 aromatic rings. The average molecular weight is 303 g/mol. The van der Waals surface area contributed by atoms with E-state index in [1.165, 1.54) is 0 Å². The van der Waals surface area contributed by atoms with Crippen molar-refractivity contribution in [2.75, 3.05) is 11.1 Å². The van der Waals surface area contributed by atoms with Gasteiger partial charge in [0.25, 0.3) is 0 Å². The zero-order chi connectivity index (χ0) is 14.6. The van der Waals surface area contributed by atoms with Gasteiger partial charge in [-0.25, -0.2) is 0 Å². The van der Waals surface area contributed by atoms with Crippen molar-refractivity contribution in [3.05, 3.63) is 23.2 Å². The molecule has 1 rings (SSSR count). The summed E-state index contributed by atoms with van der Waals surface area (Å²) < 4.78 is 12.0. The number of hydrogen-bond donors (Lipinski definition) is 2. The minimum absolute atomic E-state index is 0.00367. The number of amides is 1. The molecule has 19 heavy (non-hydrogen) atoms. The number of rotatable bonds is 5. The third kappa shape index (κ3) is 4.21. The van der Waals surface area contributed by atoms with Crippen LogP contribution in [0.15, 0.2) is 18.2 Å². The van der Waals surface area contributed by atoms with Crippen LogP contribution in [-0.4, -0.2) is 20.6 Å². The fourth-order valence-corrected chi connectivity index (χ4v) is 2.90. The van der Waals surface area contributed by atoms with Crippen molar-refractivity contribution >= 4 is 39.7 Å². The van der Waals surface area contributed by atoms with Crippen molar-refractivity contribution in [2.45, 2.75) is 37.7 Å². The molecule has 0 spiro atoms. The van der Waals surface area contributed by atoms with Crippen molar-refractivity contribution in [3.8, 4) is 0 Å². The minimum Gasteiger partial charge on any atom is -0.397 e. The first-order chi connectivity index (χ1) is 8.86. The van der Waals surface area contributed by atoms with Crippen LogP contribution in [0.3, 0.4) is 0 Å². The summed E-state index contributed by atoms with van der Waals surface area (Å²) in [6.07, 6.45) is 0.776. The molecule has 3 unspecified atom stereocenters. The third-order valence-corrected chi connectivity index (χ3v) is 5.33. The number of halogens is 1. The Hall–Kier alpha value is -1.07. The molecule has 0 radical (unpaired) electrons.